The van der Waals surface area contributed by atoms with Gasteiger partial charge in [-0.05, 0) is 25.7 Å². The molecule has 2 heterocycles. The number of hydrogen-bond acceptors (Lipinski definition) is 4. The fraction of sp³-hybridized carbons (Fsp3) is 0.800. The van der Waals surface area contributed by atoms with Crippen molar-refractivity contribution >= 4 is 16.7 Å². The van der Waals surface area contributed by atoms with Crippen LogP contribution in [0.5, 0.6) is 0 Å². The number of hydrogen-bond donors (Lipinski definition) is 0. The lowest BCUT2D eigenvalue weighted by molar-refractivity contribution is 0.286. The maximum Gasteiger partial charge on any atom is 0.205 e. The van der Waals surface area contributed by atoms with Gasteiger partial charge in [-0.1, -0.05) is 0 Å². The summed E-state index contributed by atoms with van der Waals surface area (Å²) in [6.07, 6.45) is 3.39. The van der Waals surface area contributed by atoms with Crippen LogP contribution < -0.4 is 4.90 Å². The molecule has 1 atom stereocenters. The molecule has 15 heavy (non-hydrogen) atoms. The van der Waals surface area contributed by atoms with Crippen LogP contribution in [0.2, 0.25) is 0 Å². The third kappa shape index (κ3) is 1.97. The average Bonchev–Trinajstić information content (AvgIpc) is 2.97. The third-order valence-corrected chi connectivity index (χ3v) is 3.80. The molecule has 2 aliphatic rings. The molecule has 0 bridgehead atoms. The van der Waals surface area contributed by atoms with Gasteiger partial charge in [-0.2, -0.15) is 4.37 Å². The molecule has 3 nitrogen and oxygen atoms in total. The highest BCUT2D eigenvalue weighted by molar-refractivity contribution is 7.09. The zero-order valence-electron chi connectivity index (χ0n) is 8.53. The SMILES string of the molecule is F[C@H]1CCCN(c2nc(C3CC3)ns2)C1. The first kappa shape index (κ1) is 9.51. The molecule has 82 valence electrons. The Hall–Kier alpha value is -0.710. The summed E-state index contributed by atoms with van der Waals surface area (Å²) < 4.78 is 17.6. The topological polar surface area (TPSA) is 29.0 Å². The normalized spacial score (nSPS) is 27.0. The Kier molecular flexibility index (Phi) is 2.35. The van der Waals surface area contributed by atoms with Gasteiger partial charge in [0.1, 0.15) is 12.0 Å². The smallest absolute Gasteiger partial charge is 0.205 e. The highest BCUT2D eigenvalue weighted by atomic mass is 32.1. The average molecular weight is 227 g/mol. The fourth-order valence-corrected chi connectivity index (χ4v) is 2.74. The van der Waals surface area contributed by atoms with Crippen molar-refractivity contribution in [3.8, 4) is 0 Å². The number of anilines is 1. The van der Waals surface area contributed by atoms with Gasteiger partial charge >= 0.3 is 0 Å². The molecule has 0 radical (unpaired) electrons. The summed E-state index contributed by atoms with van der Waals surface area (Å²) in [4.78, 5) is 6.54. The summed E-state index contributed by atoms with van der Waals surface area (Å²) in [5.41, 5.74) is 0. The van der Waals surface area contributed by atoms with Crippen LogP contribution >= 0.6 is 11.5 Å². The number of alkyl halides is 1. The van der Waals surface area contributed by atoms with Crippen molar-refractivity contribution in [2.45, 2.75) is 37.8 Å². The summed E-state index contributed by atoms with van der Waals surface area (Å²) in [6.45, 7) is 1.43. The molecule has 2 fully saturated rings. The van der Waals surface area contributed by atoms with Crippen molar-refractivity contribution in [2.75, 3.05) is 18.0 Å². The standard InChI is InChI=1S/C10H14FN3S/c11-8-2-1-5-14(6-8)10-12-9(13-15-10)7-3-4-7/h7-8H,1-6H2/t8-/m0/s1. The Morgan fingerprint density at radius 3 is 2.93 bits per heavy atom. The number of halogens is 1. The molecule has 1 aromatic rings. The van der Waals surface area contributed by atoms with E-state index in [1.54, 1.807) is 0 Å². The van der Waals surface area contributed by atoms with Gasteiger partial charge in [-0.15, -0.1) is 0 Å². The highest BCUT2D eigenvalue weighted by Gasteiger charge is 2.29. The molecule has 0 unspecified atom stereocenters. The van der Waals surface area contributed by atoms with E-state index < -0.39 is 6.17 Å². The second-order valence-corrected chi connectivity index (χ2v) is 5.13. The Labute approximate surface area is 92.5 Å². The number of rotatable bonds is 2. The molecular formula is C10H14FN3S. The minimum absolute atomic E-state index is 0.499. The van der Waals surface area contributed by atoms with Crippen LogP contribution in [-0.4, -0.2) is 28.6 Å². The predicted octanol–water partition coefficient (Wildman–Crippen LogP) is 2.35. The molecular weight excluding hydrogens is 213 g/mol. The second-order valence-electron chi connectivity index (χ2n) is 4.39. The maximum absolute atomic E-state index is 13.2. The van der Waals surface area contributed by atoms with Gasteiger partial charge < -0.3 is 4.90 Å². The van der Waals surface area contributed by atoms with Gasteiger partial charge in [0.2, 0.25) is 5.13 Å². The monoisotopic (exact) mass is 227 g/mol. The first-order chi connectivity index (χ1) is 7.33. The Bertz CT molecular complexity index is 350. The molecule has 1 saturated carbocycles. The van der Waals surface area contributed by atoms with Gasteiger partial charge in [-0.3, -0.25) is 0 Å². The lowest BCUT2D eigenvalue weighted by Gasteiger charge is -2.27. The van der Waals surface area contributed by atoms with Crippen molar-refractivity contribution in [1.82, 2.24) is 9.36 Å². The van der Waals surface area contributed by atoms with Crippen LogP contribution in [-0.2, 0) is 0 Å². The van der Waals surface area contributed by atoms with Gasteiger partial charge in [-0.25, -0.2) is 9.37 Å². The van der Waals surface area contributed by atoms with E-state index in [1.165, 1.54) is 24.4 Å². The summed E-state index contributed by atoms with van der Waals surface area (Å²) in [6, 6.07) is 0. The summed E-state index contributed by atoms with van der Waals surface area (Å²) in [7, 11) is 0. The lowest BCUT2D eigenvalue weighted by atomic mass is 10.1. The van der Waals surface area contributed by atoms with E-state index >= 15 is 0 Å². The fourth-order valence-electron chi connectivity index (χ4n) is 1.96. The molecule has 0 spiro atoms. The molecule has 1 saturated heterocycles. The number of nitrogens with zero attached hydrogens (tertiary/aromatic N) is 3. The first-order valence-electron chi connectivity index (χ1n) is 5.55. The summed E-state index contributed by atoms with van der Waals surface area (Å²) in [5, 5.41) is 0.916. The van der Waals surface area contributed by atoms with Crippen LogP contribution in [0.25, 0.3) is 0 Å². The molecule has 1 aliphatic carbocycles. The predicted molar refractivity (Wildman–Crippen MR) is 58.2 cm³/mol. The van der Waals surface area contributed by atoms with Crippen LogP contribution in [0.1, 0.15) is 37.4 Å². The van der Waals surface area contributed by atoms with Crippen molar-refractivity contribution in [3.63, 3.8) is 0 Å². The Balaban J connectivity index is 1.73. The van der Waals surface area contributed by atoms with Crippen molar-refractivity contribution < 1.29 is 4.39 Å². The third-order valence-electron chi connectivity index (χ3n) is 3.01. The van der Waals surface area contributed by atoms with E-state index in [1.807, 2.05) is 4.90 Å². The molecule has 0 aromatic carbocycles. The van der Waals surface area contributed by atoms with E-state index in [0.717, 1.165) is 23.9 Å². The molecule has 0 amide bonds. The van der Waals surface area contributed by atoms with Gasteiger partial charge in [0.15, 0.2) is 0 Å². The maximum atomic E-state index is 13.2. The van der Waals surface area contributed by atoms with Crippen molar-refractivity contribution in [2.24, 2.45) is 0 Å². The lowest BCUT2D eigenvalue weighted by Crippen LogP contribution is -2.36. The number of aromatic nitrogens is 2. The van der Waals surface area contributed by atoms with Crippen LogP contribution in [0.15, 0.2) is 0 Å². The molecule has 1 aromatic heterocycles. The summed E-state index contributed by atoms with van der Waals surface area (Å²) in [5.74, 6) is 1.58. The zero-order valence-corrected chi connectivity index (χ0v) is 9.34. The van der Waals surface area contributed by atoms with Crippen LogP contribution in [0.4, 0.5) is 9.52 Å². The van der Waals surface area contributed by atoms with E-state index in [-0.39, 0.29) is 0 Å². The molecule has 0 N–H and O–H groups in total. The zero-order chi connectivity index (χ0) is 10.3. The van der Waals surface area contributed by atoms with Gasteiger partial charge in [0, 0.05) is 24.0 Å². The number of piperidine rings is 1. The molecule has 5 heteroatoms. The quantitative estimate of drug-likeness (QED) is 0.776. The summed E-state index contributed by atoms with van der Waals surface area (Å²) >= 11 is 1.42. The Morgan fingerprint density at radius 1 is 1.33 bits per heavy atom. The second kappa shape index (κ2) is 3.70. The van der Waals surface area contributed by atoms with Crippen molar-refractivity contribution in [1.29, 1.82) is 0 Å². The van der Waals surface area contributed by atoms with E-state index in [9.17, 15) is 4.39 Å². The van der Waals surface area contributed by atoms with Crippen molar-refractivity contribution in [3.05, 3.63) is 5.82 Å². The largest absolute Gasteiger partial charge is 0.344 e. The minimum atomic E-state index is -0.688. The van der Waals surface area contributed by atoms with Gasteiger partial charge in [0.05, 0.1) is 6.54 Å². The highest BCUT2D eigenvalue weighted by Crippen LogP contribution is 2.39. The van der Waals surface area contributed by atoms with E-state index in [4.69, 9.17) is 0 Å². The van der Waals surface area contributed by atoms with Gasteiger partial charge in [0.25, 0.3) is 0 Å². The van der Waals surface area contributed by atoms with Crippen LogP contribution in [0, 0.1) is 0 Å². The minimum Gasteiger partial charge on any atom is -0.344 e. The molecule has 3 rings (SSSR count). The molecule has 1 aliphatic heterocycles. The van der Waals surface area contributed by atoms with Crippen LogP contribution in [0.3, 0.4) is 0 Å². The van der Waals surface area contributed by atoms with E-state index in [2.05, 4.69) is 9.36 Å². The Morgan fingerprint density at radius 2 is 2.20 bits per heavy atom. The first-order valence-corrected chi connectivity index (χ1v) is 6.33. The van der Waals surface area contributed by atoms with E-state index in [0.29, 0.717) is 18.9 Å².